The van der Waals surface area contributed by atoms with Crippen LogP contribution >= 0.6 is 0 Å². The van der Waals surface area contributed by atoms with Crippen molar-refractivity contribution in [2.24, 2.45) is 0 Å². The summed E-state index contributed by atoms with van der Waals surface area (Å²) in [6.07, 6.45) is 1.08. The van der Waals surface area contributed by atoms with Crippen LogP contribution in [-0.2, 0) is 30.2 Å². The molecule has 178 valence electrons. The number of carbonyl (C=O) groups is 2. The summed E-state index contributed by atoms with van der Waals surface area (Å²) in [6, 6.07) is 8.40. The van der Waals surface area contributed by atoms with Gasteiger partial charge in [-0.15, -0.1) is 0 Å². The molecule has 0 amide bonds. The van der Waals surface area contributed by atoms with Crippen LogP contribution in [0.1, 0.15) is 43.7 Å². The number of anilines is 1. The molecule has 5 atom stereocenters. The number of fused-ring (bicyclic) bond motifs is 2. The number of aromatic nitrogens is 4. The van der Waals surface area contributed by atoms with Gasteiger partial charge in [0, 0.05) is 13.8 Å². The second-order valence-electron chi connectivity index (χ2n) is 8.38. The minimum atomic E-state index is -0.996. The summed E-state index contributed by atoms with van der Waals surface area (Å²) in [5.41, 5.74) is 3.52. The molecular weight excluding hydrogens is 442 g/mol. The summed E-state index contributed by atoms with van der Waals surface area (Å²) in [5.74, 6) is -0.579. The van der Waals surface area contributed by atoms with Crippen molar-refractivity contribution in [2.45, 2.75) is 57.3 Å². The molecule has 0 spiro atoms. The predicted octanol–water partition coefficient (Wildman–Crippen LogP) is 1.68. The SMILES string of the molecule is CC(=O)O[C@@H]1[C@@H](OC(C)=O)[C@@H](CO)O[C@H]1n1cnc2c(N[C@H]3CCc4ccccc43)ncnc21. The van der Waals surface area contributed by atoms with E-state index < -0.39 is 43.1 Å². The van der Waals surface area contributed by atoms with Crippen LogP contribution in [0.4, 0.5) is 5.82 Å². The van der Waals surface area contributed by atoms with Crippen LogP contribution in [0.25, 0.3) is 11.2 Å². The Labute approximate surface area is 195 Å². The lowest BCUT2D eigenvalue weighted by molar-refractivity contribution is -0.165. The number of esters is 2. The Bertz CT molecular complexity index is 1230. The Kier molecular flexibility index (Phi) is 5.88. The van der Waals surface area contributed by atoms with Crippen molar-refractivity contribution in [2.75, 3.05) is 11.9 Å². The highest BCUT2D eigenvalue weighted by Gasteiger charge is 2.50. The maximum absolute atomic E-state index is 11.8. The van der Waals surface area contributed by atoms with Crippen molar-refractivity contribution >= 4 is 28.9 Å². The summed E-state index contributed by atoms with van der Waals surface area (Å²) in [6.45, 7) is 2.07. The third-order valence-electron chi connectivity index (χ3n) is 6.15. The fourth-order valence-electron chi connectivity index (χ4n) is 4.75. The highest BCUT2D eigenvalue weighted by molar-refractivity contribution is 5.83. The molecule has 2 aliphatic rings. The Morgan fingerprint density at radius 3 is 2.68 bits per heavy atom. The van der Waals surface area contributed by atoms with E-state index in [1.54, 1.807) is 4.57 Å². The average Bonchev–Trinajstić information content (AvgIpc) is 3.50. The third-order valence-corrected chi connectivity index (χ3v) is 6.15. The van der Waals surface area contributed by atoms with E-state index in [1.807, 2.05) is 12.1 Å². The number of nitrogens with zero attached hydrogens (tertiary/aromatic N) is 4. The average molecular weight is 467 g/mol. The standard InChI is InChI=1S/C23H25N5O6/c1-12(30)32-19-17(9-29)34-23(20(19)33-13(2)31)28-11-26-18-21(24-10-25-22(18)28)27-16-8-7-14-5-3-4-6-15(14)16/h3-6,10-11,16-17,19-20,23,29H,7-9H2,1-2H3,(H,24,25,27)/t16-,17+,19-,20+,23+/m0/s1. The molecular formula is C23H25N5O6. The molecule has 1 fully saturated rings. The number of carbonyl (C=O) groups excluding carboxylic acids is 2. The van der Waals surface area contributed by atoms with E-state index in [1.165, 1.54) is 37.6 Å². The molecule has 34 heavy (non-hydrogen) atoms. The molecule has 3 aromatic rings. The zero-order chi connectivity index (χ0) is 23.8. The van der Waals surface area contributed by atoms with Gasteiger partial charge in [-0.3, -0.25) is 14.2 Å². The molecule has 1 aliphatic heterocycles. The van der Waals surface area contributed by atoms with Gasteiger partial charge in [0.1, 0.15) is 12.4 Å². The lowest BCUT2D eigenvalue weighted by atomic mass is 10.1. The van der Waals surface area contributed by atoms with Crippen molar-refractivity contribution in [3.8, 4) is 0 Å². The molecule has 1 saturated heterocycles. The fraction of sp³-hybridized carbons (Fsp3) is 0.435. The highest BCUT2D eigenvalue weighted by Crippen LogP contribution is 2.37. The third kappa shape index (κ3) is 3.97. The summed E-state index contributed by atoms with van der Waals surface area (Å²) in [4.78, 5) is 36.7. The van der Waals surface area contributed by atoms with Gasteiger partial charge in [-0.2, -0.15) is 0 Å². The summed E-state index contributed by atoms with van der Waals surface area (Å²) in [5, 5.41) is 13.3. The Hall–Kier alpha value is -3.57. The maximum Gasteiger partial charge on any atom is 0.303 e. The van der Waals surface area contributed by atoms with E-state index >= 15 is 0 Å². The van der Waals surface area contributed by atoms with Crippen molar-refractivity contribution in [1.29, 1.82) is 0 Å². The Balaban J connectivity index is 1.48. The quantitative estimate of drug-likeness (QED) is 0.515. The number of aliphatic hydroxyl groups is 1. The molecule has 2 N–H and O–H groups in total. The second-order valence-corrected chi connectivity index (χ2v) is 8.38. The zero-order valence-corrected chi connectivity index (χ0v) is 18.7. The molecule has 3 heterocycles. The molecule has 1 aromatic carbocycles. The molecule has 2 aromatic heterocycles. The first-order valence-electron chi connectivity index (χ1n) is 11.1. The highest BCUT2D eigenvalue weighted by atomic mass is 16.6. The minimum Gasteiger partial charge on any atom is -0.456 e. The fourth-order valence-corrected chi connectivity index (χ4v) is 4.75. The molecule has 5 rings (SSSR count). The largest absolute Gasteiger partial charge is 0.456 e. The topological polar surface area (TPSA) is 138 Å². The second kappa shape index (κ2) is 8.99. The van der Waals surface area contributed by atoms with Crippen LogP contribution < -0.4 is 5.32 Å². The molecule has 11 nitrogen and oxygen atoms in total. The molecule has 0 radical (unpaired) electrons. The number of aliphatic hydroxyl groups excluding tert-OH is 1. The maximum atomic E-state index is 11.8. The predicted molar refractivity (Wildman–Crippen MR) is 119 cm³/mol. The number of imidazole rings is 1. The Morgan fingerprint density at radius 2 is 1.91 bits per heavy atom. The summed E-state index contributed by atoms with van der Waals surface area (Å²) < 4.78 is 18.3. The van der Waals surface area contributed by atoms with Gasteiger partial charge in [0.05, 0.1) is 19.0 Å². The number of aryl methyl sites for hydroxylation is 1. The van der Waals surface area contributed by atoms with Gasteiger partial charge < -0.3 is 24.6 Å². The van der Waals surface area contributed by atoms with E-state index in [9.17, 15) is 14.7 Å². The minimum absolute atomic E-state index is 0.100. The van der Waals surface area contributed by atoms with Gasteiger partial charge in [-0.25, -0.2) is 15.0 Å². The van der Waals surface area contributed by atoms with Crippen LogP contribution in [0.15, 0.2) is 36.9 Å². The first kappa shape index (κ1) is 22.2. The van der Waals surface area contributed by atoms with Gasteiger partial charge in [0.25, 0.3) is 0 Å². The Morgan fingerprint density at radius 1 is 1.15 bits per heavy atom. The molecule has 11 heteroatoms. The smallest absolute Gasteiger partial charge is 0.303 e. The first-order chi connectivity index (χ1) is 16.5. The van der Waals surface area contributed by atoms with Crippen molar-refractivity contribution in [3.05, 3.63) is 48.0 Å². The van der Waals surface area contributed by atoms with E-state index in [4.69, 9.17) is 14.2 Å². The van der Waals surface area contributed by atoms with Gasteiger partial charge in [-0.05, 0) is 24.0 Å². The van der Waals surface area contributed by atoms with Gasteiger partial charge in [0.15, 0.2) is 35.4 Å². The zero-order valence-electron chi connectivity index (χ0n) is 18.7. The van der Waals surface area contributed by atoms with E-state index in [0.29, 0.717) is 17.0 Å². The van der Waals surface area contributed by atoms with Crippen molar-refractivity contribution < 1.29 is 28.9 Å². The lowest BCUT2D eigenvalue weighted by Gasteiger charge is -2.23. The first-order valence-corrected chi connectivity index (χ1v) is 11.1. The molecule has 0 saturated carbocycles. The number of benzene rings is 1. The number of ether oxygens (including phenoxy) is 3. The van der Waals surface area contributed by atoms with Crippen molar-refractivity contribution in [1.82, 2.24) is 19.5 Å². The normalized spacial score (nSPS) is 25.8. The summed E-state index contributed by atoms with van der Waals surface area (Å²) in [7, 11) is 0. The van der Waals surface area contributed by atoms with Crippen LogP contribution in [0, 0.1) is 0 Å². The lowest BCUT2D eigenvalue weighted by Crippen LogP contribution is -2.40. The number of nitrogens with one attached hydrogen (secondary N) is 1. The van der Waals surface area contributed by atoms with E-state index in [-0.39, 0.29) is 6.04 Å². The monoisotopic (exact) mass is 467 g/mol. The number of rotatable bonds is 6. The van der Waals surface area contributed by atoms with Gasteiger partial charge in [-0.1, -0.05) is 24.3 Å². The molecule has 0 unspecified atom stereocenters. The van der Waals surface area contributed by atoms with Crippen LogP contribution in [0.3, 0.4) is 0 Å². The molecule has 0 bridgehead atoms. The van der Waals surface area contributed by atoms with Crippen molar-refractivity contribution in [3.63, 3.8) is 0 Å². The van der Waals surface area contributed by atoms with Crippen LogP contribution in [-0.4, -0.2) is 61.5 Å². The van der Waals surface area contributed by atoms with Crippen LogP contribution in [0.2, 0.25) is 0 Å². The number of hydrogen-bond acceptors (Lipinski definition) is 10. The van der Waals surface area contributed by atoms with Gasteiger partial charge >= 0.3 is 11.9 Å². The molecule has 1 aliphatic carbocycles. The van der Waals surface area contributed by atoms with Crippen LogP contribution in [0.5, 0.6) is 0 Å². The number of hydrogen-bond donors (Lipinski definition) is 2. The van der Waals surface area contributed by atoms with E-state index in [0.717, 1.165) is 12.8 Å². The van der Waals surface area contributed by atoms with E-state index in [2.05, 4.69) is 32.4 Å². The summed E-state index contributed by atoms with van der Waals surface area (Å²) >= 11 is 0. The van der Waals surface area contributed by atoms with Gasteiger partial charge in [0.2, 0.25) is 0 Å².